The van der Waals surface area contributed by atoms with Crippen LogP contribution >= 0.6 is 0 Å². The third kappa shape index (κ3) is 3.43. The third-order valence-corrected chi connectivity index (χ3v) is 4.93. The van der Waals surface area contributed by atoms with Crippen molar-refractivity contribution in [2.45, 2.75) is 30.6 Å². The van der Waals surface area contributed by atoms with Gasteiger partial charge < -0.3 is 10.2 Å². The summed E-state index contributed by atoms with van der Waals surface area (Å²) in [4.78, 5) is 13.9. The monoisotopic (exact) mass is 273 g/mol. The highest BCUT2D eigenvalue weighted by Crippen LogP contribution is 2.21. The fourth-order valence-electron chi connectivity index (χ4n) is 1.80. The molecule has 0 aliphatic carbocycles. The molecular weight excluding hydrogens is 254 g/mol. The lowest BCUT2D eigenvalue weighted by Gasteiger charge is -2.36. The van der Waals surface area contributed by atoms with Crippen molar-refractivity contribution >= 4 is 15.7 Å². The van der Waals surface area contributed by atoms with E-state index in [9.17, 15) is 18.5 Å². The van der Waals surface area contributed by atoms with Gasteiger partial charge in [0.25, 0.3) is 0 Å². The number of amides is 1. The summed E-state index contributed by atoms with van der Waals surface area (Å²) in [6.45, 7) is 2.76. The minimum atomic E-state index is -3.43. The Labute approximate surface area is 108 Å². The topological polar surface area (TPSA) is 90.3 Å². The Morgan fingerprint density at radius 3 is 2.33 bits per heavy atom. The predicted molar refractivity (Wildman–Crippen MR) is 67.5 cm³/mol. The maximum absolute atomic E-state index is 11.8. The Balaban J connectivity index is 2.76. The summed E-state index contributed by atoms with van der Waals surface area (Å²) in [5, 5.41) is 10.7. The molecule has 1 aliphatic heterocycles. The number of hydrogen-bond acceptors (Lipinski definition) is 5. The van der Waals surface area contributed by atoms with Crippen LogP contribution in [0.15, 0.2) is 0 Å². The molecular formula is C11H19N3O3S. The Bertz CT molecular complexity index is 458. The van der Waals surface area contributed by atoms with Crippen LogP contribution < -0.4 is 5.32 Å². The summed E-state index contributed by atoms with van der Waals surface area (Å²) in [5.41, 5.74) is -0.928. The number of nitrogens with one attached hydrogen (secondary N) is 1. The highest BCUT2D eigenvalue weighted by Gasteiger charge is 2.37. The Hall–Kier alpha value is -1.13. The van der Waals surface area contributed by atoms with E-state index in [4.69, 9.17) is 0 Å². The Morgan fingerprint density at radius 1 is 1.44 bits per heavy atom. The molecule has 1 fully saturated rings. The number of hydrogen-bond donors (Lipinski definition) is 1. The number of likely N-dealkylation sites (tertiary alicyclic amines) is 1. The van der Waals surface area contributed by atoms with E-state index in [0.717, 1.165) is 6.26 Å². The molecule has 1 amide bonds. The van der Waals surface area contributed by atoms with Crippen molar-refractivity contribution in [1.29, 1.82) is 5.26 Å². The van der Waals surface area contributed by atoms with Crippen LogP contribution in [0, 0.1) is 11.3 Å². The van der Waals surface area contributed by atoms with Gasteiger partial charge in [0, 0.05) is 19.3 Å². The number of nitriles is 1. The first kappa shape index (κ1) is 14.9. The Kier molecular flexibility index (Phi) is 4.35. The van der Waals surface area contributed by atoms with E-state index in [1.165, 1.54) is 6.92 Å². The molecule has 1 atom stereocenters. The average molecular weight is 273 g/mol. The lowest BCUT2D eigenvalue weighted by molar-refractivity contribution is -0.122. The van der Waals surface area contributed by atoms with Crippen molar-refractivity contribution in [3.8, 4) is 6.07 Å². The van der Waals surface area contributed by atoms with Gasteiger partial charge in [-0.2, -0.15) is 5.26 Å². The molecule has 1 N–H and O–H groups in total. The first-order valence-corrected chi connectivity index (χ1v) is 7.76. The molecule has 102 valence electrons. The second-order valence-electron chi connectivity index (χ2n) is 4.96. The molecule has 0 spiro atoms. The predicted octanol–water partition coefficient (Wildman–Crippen LogP) is -0.476. The molecule has 7 heteroatoms. The van der Waals surface area contributed by atoms with E-state index >= 15 is 0 Å². The van der Waals surface area contributed by atoms with Gasteiger partial charge in [-0.05, 0) is 26.8 Å². The summed E-state index contributed by atoms with van der Waals surface area (Å²) < 4.78 is 22.6. The van der Waals surface area contributed by atoms with Crippen molar-refractivity contribution < 1.29 is 13.2 Å². The van der Waals surface area contributed by atoms with Crippen LogP contribution in [0.4, 0.5) is 0 Å². The number of carbonyl (C=O) groups is 1. The molecule has 0 aromatic carbocycles. The molecule has 6 nitrogen and oxygen atoms in total. The smallest absolute Gasteiger partial charge is 0.239 e. The van der Waals surface area contributed by atoms with Crippen molar-refractivity contribution in [1.82, 2.24) is 10.2 Å². The zero-order chi connectivity index (χ0) is 14.0. The lowest BCUT2D eigenvalue weighted by atomic mass is 9.89. The van der Waals surface area contributed by atoms with Gasteiger partial charge in [0.2, 0.25) is 5.91 Å². The van der Waals surface area contributed by atoms with Crippen LogP contribution in [0.2, 0.25) is 0 Å². The largest absolute Gasteiger partial charge is 0.337 e. The molecule has 0 aromatic rings. The third-order valence-electron chi connectivity index (χ3n) is 3.43. The van der Waals surface area contributed by atoms with Gasteiger partial charge in [0.05, 0.1) is 6.07 Å². The van der Waals surface area contributed by atoms with Gasteiger partial charge in [-0.1, -0.05) is 0 Å². The van der Waals surface area contributed by atoms with E-state index in [1.54, 1.807) is 0 Å². The van der Waals surface area contributed by atoms with E-state index in [0.29, 0.717) is 25.9 Å². The first-order chi connectivity index (χ1) is 8.20. The molecule has 1 unspecified atom stereocenters. The van der Waals surface area contributed by atoms with E-state index < -0.39 is 26.5 Å². The SMILES string of the molecule is CC(C(=O)NC1(C#N)CCN(C)CC1)S(C)(=O)=O. The Morgan fingerprint density at radius 2 is 1.94 bits per heavy atom. The van der Waals surface area contributed by atoms with E-state index in [1.807, 2.05) is 7.05 Å². The fraction of sp³-hybridized carbons (Fsp3) is 0.818. The number of piperidine rings is 1. The van der Waals surface area contributed by atoms with Gasteiger partial charge in [-0.3, -0.25) is 4.79 Å². The fourth-order valence-corrected chi connectivity index (χ4v) is 2.24. The maximum atomic E-state index is 11.8. The number of nitrogens with zero attached hydrogens (tertiary/aromatic N) is 2. The molecule has 1 saturated heterocycles. The molecule has 1 heterocycles. The van der Waals surface area contributed by atoms with Crippen LogP contribution in [0.5, 0.6) is 0 Å². The zero-order valence-corrected chi connectivity index (χ0v) is 11.7. The minimum Gasteiger partial charge on any atom is -0.337 e. The van der Waals surface area contributed by atoms with Crippen LogP contribution in [0.1, 0.15) is 19.8 Å². The second-order valence-corrected chi connectivity index (χ2v) is 7.32. The van der Waals surface area contributed by atoms with Gasteiger partial charge in [0.1, 0.15) is 10.8 Å². The van der Waals surface area contributed by atoms with Gasteiger partial charge >= 0.3 is 0 Å². The van der Waals surface area contributed by atoms with Crippen LogP contribution in [0.25, 0.3) is 0 Å². The van der Waals surface area contributed by atoms with Crippen molar-refractivity contribution in [2.24, 2.45) is 0 Å². The normalized spacial score (nSPS) is 21.9. The zero-order valence-electron chi connectivity index (χ0n) is 10.9. The van der Waals surface area contributed by atoms with Gasteiger partial charge in [-0.15, -0.1) is 0 Å². The van der Waals surface area contributed by atoms with E-state index in [2.05, 4.69) is 16.3 Å². The van der Waals surface area contributed by atoms with Crippen LogP contribution in [-0.2, 0) is 14.6 Å². The molecule has 0 aromatic heterocycles. The molecule has 0 radical (unpaired) electrons. The molecule has 0 saturated carbocycles. The van der Waals surface area contributed by atoms with Crippen molar-refractivity contribution in [3.63, 3.8) is 0 Å². The maximum Gasteiger partial charge on any atom is 0.239 e. The number of carbonyl (C=O) groups excluding carboxylic acids is 1. The molecule has 18 heavy (non-hydrogen) atoms. The highest BCUT2D eigenvalue weighted by molar-refractivity contribution is 7.92. The van der Waals surface area contributed by atoms with Crippen LogP contribution in [-0.4, -0.2) is 56.4 Å². The summed E-state index contributed by atoms with van der Waals surface area (Å²) in [6, 6.07) is 2.12. The average Bonchev–Trinajstić information content (AvgIpc) is 2.30. The highest BCUT2D eigenvalue weighted by atomic mass is 32.2. The number of sulfone groups is 1. The van der Waals surface area contributed by atoms with Crippen LogP contribution in [0.3, 0.4) is 0 Å². The van der Waals surface area contributed by atoms with Gasteiger partial charge in [0.15, 0.2) is 9.84 Å². The molecule has 1 aliphatic rings. The lowest BCUT2D eigenvalue weighted by Crippen LogP contribution is -2.56. The first-order valence-electron chi connectivity index (χ1n) is 5.81. The standard InChI is InChI=1S/C11H19N3O3S/c1-9(18(3,16)17)10(15)13-11(8-12)4-6-14(2)7-5-11/h9H,4-7H2,1-3H3,(H,13,15). The molecule has 1 rings (SSSR count). The summed E-state index contributed by atoms with van der Waals surface area (Å²) in [7, 11) is -1.48. The minimum absolute atomic E-state index is 0.516. The van der Waals surface area contributed by atoms with Crippen molar-refractivity contribution in [3.05, 3.63) is 0 Å². The van der Waals surface area contributed by atoms with E-state index in [-0.39, 0.29) is 0 Å². The number of rotatable bonds is 3. The quantitative estimate of drug-likeness (QED) is 0.750. The van der Waals surface area contributed by atoms with Crippen molar-refractivity contribution in [2.75, 3.05) is 26.4 Å². The summed E-state index contributed by atoms with van der Waals surface area (Å²) in [5.74, 6) is -0.594. The second kappa shape index (κ2) is 5.24. The molecule has 0 bridgehead atoms. The summed E-state index contributed by atoms with van der Waals surface area (Å²) >= 11 is 0. The van der Waals surface area contributed by atoms with Gasteiger partial charge in [-0.25, -0.2) is 8.42 Å². The summed E-state index contributed by atoms with van der Waals surface area (Å²) in [6.07, 6.45) is 2.05.